The van der Waals surface area contributed by atoms with Crippen molar-refractivity contribution < 1.29 is 0 Å². The van der Waals surface area contributed by atoms with Crippen LogP contribution >= 0.6 is 0 Å². The third-order valence-corrected chi connectivity index (χ3v) is 3.32. The fourth-order valence-corrected chi connectivity index (χ4v) is 2.03. The van der Waals surface area contributed by atoms with Crippen LogP contribution in [0, 0.1) is 0 Å². The molecule has 0 heterocycles. The van der Waals surface area contributed by atoms with Gasteiger partial charge in [0.1, 0.15) is 0 Å². The molecule has 108 valence electrons. The Labute approximate surface area is 115 Å². The molecule has 0 fully saturated rings. The van der Waals surface area contributed by atoms with Crippen LogP contribution in [0.1, 0.15) is 84.5 Å². The molecule has 1 N–H and O–H groups in total. The van der Waals surface area contributed by atoms with Gasteiger partial charge in [-0.15, -0.1) is 0 Å². The second kappa shape index (κ2) is 16.7. The minimum absolute atomic E-state index is 1.21. The first-order valence-corrected chi connectivity index (χ1v) is 8.27. The predicted octanol–water partition coefficient (Wildman–Crippen LogP) is 5.46. The van der Waals surface area contributed by atoms with E-state index < -0.39 is 0 Å². The van der Waals surface area contributed by atoms with Gasteiger partial charge in [0.25, 0.3) is 0 Å². The highest BCUT2D eigenvalue weighted by Crippen LogP contribution is 2.06. The van der Waals surface area contributed by atoms with Crippen molar-refractivity contribution in [3.8, 4) is 0 Å². The van der Waals surface area contributed by atoms with Crippen LogP contribution in [0.5, 0.6) is 0 Å². The molecule has 0 aromatic rings. The van der Waals surface area contributed by atoms with Gasteiger partial charge in [-0.2, -0.15) is 0 Å². The Balaban J connectivity index is 2.96. The summed E-state index contributed by atoms with van der Waals surface area (Å²) in [6.07, 6.45) is 19.6. The third-order valence-electron chi connectivity index (χ3n) is 3.32. The van der Waals surface area contributed by atoms with Crippen LogP contribution in [0.3, 0.4) is 0 Å². The van der Waals surface area contributed by atoms with Crippen molar-refractivity contribution in [2.45, 2.75) is 84.5 Å². The topological polar surface area (TPSA) is 12.0 Å². The van der Waals surface area contributed by atoms with Crippen molar-refractivity contribution in [2.24, 2.45) is 0 Å². The highest BCUT2D eigenvalue weighted by molar-refractivity contribution is 4.81. The number of hydrogen-bond donors (Lipinski definition) is 1. The van der Waals surface area contributed by atoms with Crippen molar-refractivity contribution >= 4 is 0 Å². The summed E-state index contributed by atoms with van der Waals surface area (Å²) in [5.74, 6) is 0. The monoisotopic (exact) mass is 253 g/mol. The average molecular weight is 253 g/mol. The first-order chi connectivity index (χ1) is 8.91. The Hall–Kier alpha value is -0.300. The number of rotatable bonds is 14. The van der Waals surface area contributed by atoms with E-state index in [0.29, 0.717) is 0 Å². The molecule has 0 saturated heterocycles. The Morgan fingerprint density at radius 3 is 1.89 bits per heavy atom. The molecule has 0 atom stereocenters. The average Bonchev–Trinajstić information content (AvgIpc) is 2.39. The first-order valence-electron chi connectivity index (χ1n) is 8.27. The van der Waals surface area contributed by atoms with Gasteiger partial charge in [0.05, 0.1) is 0 Å². The van der Waals surface area contributed by atoms with Crippen LogP contribution in [0.2, 0.25) is 0 Å². The zero-order valence-corrected chi connectivity index (χ0v) is 12.8. The summed E-state index contributed by atoms with van der Waals surface area (Å²) in [6.45, 7) is 6.93. The van der Waals surface area contributed by atoms with Gasteiger partial charge < -0.3 is 5.32 Å². The zero-order chi connectivity index (χ0) is 13.3. The molecule has 0 amide bonds. The van der Waals surface area contributed by atoms with Crippen LogP contribution in [0.15, 0.2) is 12.2 Å². The standard InChI is InChI=1S/C17H35N/c1-3-5-7-8-9-10-11-12-13-14-15-17-18-16-6-4-2/h8-9,18H,3-7,10-17H2,1-2H3/b9-8+. The van der Waals surface area contributed by atoms with Crippen LogP contribution < -0.4 is 5.32 Å². The molecule has 0 saturated carbocycles. The number of nitrogens with one attached hydrogen (secondary N) is 1. The minimum atomic E-state index is 1.21. The zero-order valence-electron chi connectivity index (χ0n) is 12.8. The molecule has 18 heavy (non-hydrogen) atoms. The molecule has 0 radical (unpaired) electrons. The van der Waals surface area contributed by atoms with E-state index in [4.69, 9.17) is 0 Å². The maximum atomic E-state index is 3.51. The van der Waals surface area contributed by atoms with Crippen LogP contribution in [-0.4, -0.2) is 13.1 Å². The predicted molar refractivity (Wildman–Crippen MR) is 84.1 cm³/mol. The van der Waals surface area contributed by atoms with Gasteiger partial charge in [-0.25, -0.2) is 0 Å². The molecule has 0 spiro atoms. The summed E-state index contributed by atoms with van der Waals surface area (Å²) in [5, 5.41) is 3.51. The summed E-state index contributed by atoms with van der Waals surface area (Å²) < 4.78 is 0. The van der Waals surface area contributed by atoms with E-state index in [1.165, 1.54) is 83.7 Å². The normalized spacial score (nSPS) is 11.4. The quantitative estimate of drug-likeness (QED) is 0.320. The SMILES string of the molecule is CCCC/C=C/CCCCCCCNCCCC. The van der Waals surface area contributed by atoms with Gasteiger partial charge in [-0.05, 0) is 45.2 Å². The highest BCUT2D eigenvalue weighted by Gasteiger charge is 1.90. The Morgan fingerprint density at radius 2 is 1.17 bits per heavy atom. The molecule has 0 aliphatic carbocycles. The number of allylic oxidation sites excluding steroid dienone is 2. The smallest absolute Gasteiger partial charge is 0.00489 e. The molecule has 0 aliphatic heterocycles. The number of unbranched alkanes of at least 4 members (excludes halogenated alkanes) is 8. The maximum Gasteiger partial charge on any atom is -0.00489 e. The lowest BCUT2D eigenvalue weighted by atomic mass is 10.1. The summed E-state index contributed by atoms with van der Waals surface area (Å²) in [5.41, 5.74) is 0. The van der Waals surface area contributed by atoms with Crippen molar-refractivity contribution in [3.63, 3.8) is 0 Å². The lowest BCUT2D eigenvalue weighted by molar-refractivity contribution is 0.566. The molecule has 0 aromatic carbocycles. The van der Waals surface area contributed by atoms with E-state index in [2.05, 4.69) is 31.3 Å². The molecular weight excluding hydrogens is 218 g/mol. The van der Waals surface area contributed by atoms with Crippen LogP contribution in [-0.2, 0) is 0 Å². The van der Waals surface area contributed by atoms with Gasteiger partial charge >= 0.3 is 0 Å². The Morgan fingerprint density at radius 1 is 0.611 bits per heavy atom. The minimum Gasteiger partial charge on any atom is -0.317 e. The second-order valence-electron chi connectivity index (χ2n) is 5.27. The van der Waals surface area contributed by atoms with Gasteiger partial charge in [0, 0.05) is 0 Å². The fraction of sp³-hybridized carbons (Fsp3) is 0.882. The van der Waals surface area contributed by atoms with E-state index in [1.807, 2.05) is 0 Å². The Kier molecular flexibility index (Phi) is 16.4. The van der Waals surface area contributed by atoms with E-state index >= 15 is 0 Å². The number of hydrogen-bond acceptors (Lipinski definition) is 1. The highest BCUT2D eigenvalue weighted by atomic mass is 14.8. The van der Waals surface area contributed by atoms with Crippen molar-refractivity contribution in [1.82, 2.24) is 5.32 Å². The van der Waals surface area contributed by atoms with E-state index in [0.717, 1.165) is 0 Å². The lowest BCUT2D eigenvalue weighted by Gasteiger charge is -2.03. The van der Waals surface area contributed by atoms with Crippen molar-refractivity contribution in [1.29, 1.82) is 0 Å². The van der Waals surface area contributed by atoms with Crippen LogP contribution in [0.25, 0.3) is 0 Å². The molecule has 0 rings (SSSR count). The van der Waals surface area contributed by atoms with Gasteiger partial charge in [-0.3, -0.25) is 0 Å². The van der Waals surface area contributed by atoms with Crippen molar-refractivity contribution in [2.75, 3.05) is 13.1 Å². The molecule has 0 aromatic heterocycles. The summed E-state index contributed by atoms with van der Waals surface area (Å²) in [4.78, 5) is 0. The van der Waals surface area contributed by atoms with E-state index in [1.54, 1.807) is 0 Å². The molecular formula is C17H35N. The molecule has 0 bridgehead atoms. The molecule has 0 unspecified atom stereocenters. The van der Waals surface area contributed by atoms with Crippen molar-refractivity contribution in [3.05, 3.63) is 12.2 Å². The summed E-state index contributed by atoms with van der Waals surface area (Å²) >= 11 is 0. The maximum absolute atomic E-state index is 3.51. The third kappa shape index (κ3) is 15.7. The Bertz CT molecular complexity index is 163. The van der Waals surface area contributed by atoms with Gasteiger partial charge in [0.2, 0.25) is 0 Å². The van der Waals surface area contributed by atoms with Gasteiger partial charge in [0.15, 0.2) is 0 Å². The van der Waals surface area contributed by atoms with Gasteiger partial charge in [-0.1, -0.05) is 64.5 Å². The van der Waals surface area contributed by atoms with E-state index in [9.17, 15) is 0 Å². The summed E-state index contributed by atoms with van der Waals surface area (Å²) in [6, 6.07) is 0. The molecule has 0 aliphatic rings. The summed E-state index contributed by atoms with van der Waals surface area (Å²) in [7, 11) is 0. The first kappa shape index (κ1) is 17.7. The lowest BCUT2D eigenvalue weighted by Crippen LogP contribution is -2.16. The molecule has 1 heteroatoms. The van der Waals surface area contributed by atoms with Crippen LogP contribution in [0.4, 0.5) is 0 Å². The van der Waals surface area contributed by atoms with E-state index in [-0.39, 0.29) is 0 Å². The fourth-order valence-electron chi connectivity index (χ4n) is 2.03. The molecule has 1 nitrogen and oxygen atoms in total. The largest absolute Gasteiger partial charge is 0.317 e. The second-order valence-corrected chi connectivity index (χ2v) is 5.27.